The molecule has 0 heterocycles. The van der Waals surface area contributed by atoms with E-state index in [0.717, 1.165) is 12.8 Å². The third-order valence-electron chi connectivity index (χ3n) is 0.948. The van der Waals surface area contributed by atoms with Crippen molar-refractivity contribution in [2.24, 2.45) is 0 Å². The predicted octanol–water partition coefficient (Wildman–Crippen LogP) is 2.09. The van der Waals surface area contributed by atoms with Crippen molar-refractivity contribution in [3.8, 4) is 17.9 Å². The highest BCUT2D eigenvalue weighted by Crippen LogP contribution is 1.90. The van der Waals surface area contributed by atoms with Crippen LogP contribution >= 0.6 is 0 Å². The molecule has 0 radical (unpaired) electrons. The van der Waals surface area contributed by atoms with Crippen molar-refractivity contribution in [3.05, 3.63) is 0 Å². The molecule has 1 heteroatoms. The minimum atomic E-state index is 0.379. The van der Waals surface area contributed by atoms with Gasteiger partial charge in [-0.2, -0.15) is 5.26 Å². The van der Waals surface area contributed by atoms with E-state index in [4.69, 9.17) is 5.26 Å². The lowest BCUT2D eigenvalue weighted by atomic mass is 10.2. The minimum absolute atomic E-state index is 0.379. The molecule has 48 valence electrons. The van der Waals surface area contributed by atoms with E-state index in [1.54, 1.807) is 0 Å². The van der Waals surface area contributed by atoms with Gasteiger partial charge in [-0.1, -0.05) is 19.3 Å². The Balaban J connectivity index is 3.08. The van der Waals surface area contributed by atoms with Crippen molar-refractivity contribution in [3.63, 3.8) is 0 Å². The van der Waals surface area contributed by atoms with Crippen LogP contribution in [0.25, 0.3) is 0 Å². The van der Waals surface area contributed by atoms with Crippen molar-refractivity contribution in [2.75, 3.05) is 0 Å². The first-order valence-corrected chi connectivity index (χ1v) is 3.24. The maximum absolute atomic E-state index is 8.07. The van der Waals surface area contributed by atoms with Gasteiger partial charge >= 0.3 is 0 Å². The zero-order valence-corrected chi connectivity index (χ0v) is 5.78. The second-order valence-electron chi connectivity index (χ2n) is 1.79. The maximum atomic E-state index is 8.07. The maximum Gasteiger partial charge on any atom is 0.0962 e. The normalized spacial score (nSPS) is 7.11. The molecule has 0 rings (SSSR count). The van der Waals surface area contributed by atoms with Crippen LogP contribution < -0.4 is 0 Å². The Bertz CT molecular complexity index is 142. The highest BCUT2D eigenvalue weighted by molar-refractivity contribution is 5.04. The van der Waals surface area contributed by atoms with E-state index in [2.05, 4.69) is 18.8 Å². The third-order valence-corrected chi connectivity index (χ3v) is 0.948. The molecule has 0 fully saturated rings. The highest BCUT2D eigenvalue weighted by atomic mass is 14.2. The fraction of sp³-hybridized carbons (Fsp3) is 0.625. The summed E-state index contributed by atoms with van der Waals surface area (Å²) in [6, 6.07) is 1.97. The molecule has 0 bridgehead atoms. The third kappa shape index (κ3) is 7.05. The van der Waals surface area contributed by atoms with Gasteiger partial charge in [-0.25, -0.2) is 0 Å². The second-order valence-corrected chi connectivity index (χ2v) is 1.79. The molecule has 0 saturated carbocycles. The molecular formula is C8H11N. The van der Waals surface area contributed by atoms with Gasteiger partial charge in [0.15, 0.2) is 0 Å². The molecule has 0 unspecified atom stereocenters. The van der Waals surface area contributed by atoms with Gasteiger partial charge < -0.3 is 0 Å². The topological polar surface area (TPSA) is 23.8 Å². The molecule has 0 aromatic rings. The average Bonchev–Trinajstić information content (AvgIpc) is 1.89. The van der Waals surface area contributed by atoms with Gasteiger partial charge in [-0.3, -0.25) is 0 Å². The lowest BCUT2D eigenvalue weighted by molar-refractivity contribution is 0.827. The molecule has 0 amide bonds. The Kier molecular flexibility index (Phi) is 6.31. The summed E-state index contributed by atoms with van der Waals surface area (Å²) in [5.41, 5.74) is 0. The first kappa shape index (κ1) is 8.05. The van der Waals surface area contributed by atoms with Crippen molar-refractivity contribution in [1.82, 2.24) is 0 Å². The number of rotatable bonds is 2. The molecule has 0 aromatic carbocycles. The van der Waals surface area contributed by atoms with Gasteiger partial charge in [0.05, 0.1) is 12.5 Å². The Labute approximate surface area is 56.7 Å². The number of unbranched alkanes of at least 4 members (excludes halogenated alkanes) is 2. The van der Waals surface area contributed by atoms with E-state index in [9.17, 15) is 0 Å². The quantitative estimate of drug-likeness (QED) is 0.405. The number of nitrogens with zero attached hydrogens (tertiary/aromatic N) is 1. The minimum Gasteiger partial charge on any atom is -0.197 e. The van der Waals surface area contributed by atoms with E-state index in [0.29, 0.717) is 6.42 Å². The number of hydrogen-bond donors (Lipinski definition) is 0. The van der Waals surface area contributed by atoms with Crippen LogP contribution in [0.5, 0.6) is 0 Å². The zero-order valence-electron chi connectivity index (χ0n) is 5.78. The van der Waals surface area contributed by atoms with Gasteiger partial charge in [-0.15, -0.1) is 5.92 Å². The van der Waals surface area contributed by atoms with Crippen molar-refractivity contribution >= 4 is 0 Å². The summed E-state index contributed by atoms with van der Waals surface area (Å²) in [7, 11) is 0. The summed E-state index contributed by atoms with van der Waals surface area (Å²) in [6.45, 7) is 2.13. The largest absolute Gasteiger partial charge is 0.197 e. The molecule has 0 aliphatic heterocycles. The first-order chi connectivity index (χ1) is 4.41. The van der Waals surface area contributed by atoms with E-state index in [1.165, 1.54) is 6.42 Å². The lowest BCUT2D eigenvalue weighted by Crippen LogP contribution is -1.66. The van der Waals surface area contributed by atoms with Crippen molar-refractivity contribution in [1.29, 1.82) is 5.26 Å². The Morgan fingerprint density at radius 3 is 2.67 bits per heavy atom. The molecule has 0 N–H and O–H groups in total. The number of nitriles is 1. The molecule has 0 saturated heterocycles. The van der Waals surface area contributed by atoms with Crippen molar-refractivity contribution in [2.45, 2.75) is 32.6 Å². The van der Waals surface area contributed by atoms with E-state index in [1.807, 2.05) is 6.07 Å². The van der Waals surface area contributed by atoms with Crippen LogP contribution in [-0.2, 0) is 0 Å². The van der Waals surface area contributed by atoms with Gasteiger partial charge in [0.1, 0.15) is 0 Å². The molecule has 0 spiro atoms. The summed E-state index contributed by atoms with van der Waals surface area (Å²) < 4.78 is 0. The average molecular weight is 121 g/mol. The van der Waals surface area contributed by atoms with Crippen LogP contribution in [0.4, 0.5) is 0 Å². The van der Waals surface area contributed by atoms with Gasteiger partial charge in [-0.05, 0) is 6.42 Å². The summed E-state index contributed by atoms with van der Waals surface area (Å²) in [6.07, 6.45) is 3.65. The fourth-order valence-electron chi connectivity index (χ4n) is 0.456. The standard InChI is InChI=1S/C8H11N/c1-2-3-4-5-6-7-8-9/h2-4,7H2,1H3. The molecule has 0 aliphatic carbocycles. The molecule has 9 heavy (non-hydrogen) atoms. The molecule has 0 aromatic heterocycles. The van der Waals surface area contributed by atoms with Crippen LogP contribution in [0.1, 0.15) is 32.6 Å². The Hall–Kier alpha value is -0.950. The fourth-order valence-corrected chi connectivity index (χ4v) is 0.456. The van der Waals surface area contributed by atoms with Gasteiger partial charge in [0.2, 0.25) is 0 Å². The molecular weight excluding hydrogens is 110 g/mol. The summed E-state index contributed by atoms with van der Waals surface area (Å²) in [4.78, 5) is 0. The van der Waals surface area contributed by atoms with E-state index < -0.39 is 0 Å². The number of hydrogen-bond acceptors (Lipinski definition) is 1. The SMILES string of the molecule is CCCCC#CCC#N. The summed E-state index contributed by atoms with van der Waals surface area (Å²) in [5, 5.41) is 8.07. The molecule has 0 atom stereocenters. The Morgan fingerprint density at radius 1 is 1.33 bits per heavy atom. The summed E-state index contributed by atoms with van der Waals surface area (Å²) in [5.74, 6) is 5.67. The predicted molar refractivity (Wildman–Crippen MR) is 37.5 cm³/mol. The lowest BCUT2D eigenvalue weighted by Gasteiger charge is -1.81. The highest BCUT2D eigenvalue weighted by Gasteiger charge is 1.74. The molecule has 0 aliphatic rings. The van der Waals surface area contributed by atoms with Crippen LogP contribution in [0.15, 0.2) is 0 Å². The van der Waals surface area contributed by atoms with E-state index >= 15 is 0 Å². The van der Waals surface area contributed by atoms with Gasteiger partial charge in [0, 0.05) is 6.42 Å². The molecule has 1 nitrogen and oxygen atoms in total. The van der Waals surface area contributed by atoms with Crippen LogP contribution in [0.2, 0.25) is 0 Å². The van der Waals surface area contributed by atoms with Crippen LogP contribution in [-0.4, -0.2) is 0 Å². The monoisotopic (exact) mass is 121 g/mol. The van der Waals surface area contributed by atoms with Gasteiger partial charge in [0.25, 0.3) is 0 Å². The summed E-state index contributed by atoms with van der Waals surface area (Å²) >= 11 is 0. The van der Waals surface area contributed by atoms with E-state index in [-0.39, 0.29) is 0 Å². The zero-order chi connectivity index (χ0) is 6.95. The second kappa shape index (κ2) is 7.05. The van der Waals surface area contributed by atoms with Crippen LogP contribution in [0, 0.1) is 23.2 Å². The van der Waals surface area contributed by atoms with Crippen LogP contribution in [0.3, 0.4) is 0 Å². The van der Waals surface area contributed by atoms with Crippen molar-refractivity contribution < 1.29 is 0 Å². The smallest absolute Gasteiger partial charge is 0.0962 e. The Morgan fingerprint density at radius 2 is 2.11 bits per heavy atom. The first-order valence-electron chi connectivity index (χ1n) is 3.24.